The van der Waals surface area contributed by atoms with Crippen molar-refractivity contribution in [2.75, 3.05) is 11.4 Å². The number of terminal acetylenes is 1. The number of carboxylic acids is 1. The molecule has 4 heteroatoms. The number of carbonyl (C=O) groups is 1. The average molecular weight is 218 g/mol. The van der Waals surface area contributed by atoms with Crippen LogP contribution in [0, 0.1) is 12.3 Å². The van der Waals surface area contributed by atoms with E-state index in [1.807, 2.05) is 18.7 Å². The van der Waals surface area contributed by atoms with Gasteiger partial charge in [0.1, 0.15) is 0 Å². The SMILES string of the molecule is C#CCN(c1cnccc1C(=O)O)C(C)C. The summed E-state index contributed by atoms with van der Waals surface area (Å²) in [6.45, 7) is 4.27. The molecule has 0 radical (unpaired) electrons. The van der Waals surface area contributed by atoms with Crippen LogP contribution in [0.2, 0.25) is 0 Å². The van der Waals surface area contributed by atoms with Gasteiger partial charge in [0.25, 0.3) is 0 Å². The number of rotatable bonds is 4. The molecule has 0 fully saturated rings. The van der Waals surface area contributed by atoms with Gasteiger partial charge in [-0.05, 0) is 19.9 Å². The maximum absolute atomic E-state index is 11.0. The van der Waals surface area contributed by atoms with Gasteiger partial charge in [-0.1, -0.05) is 5.92 Å². The number of carboxylic acid groups (broad SMARTS) is 1. The Labute approximate surface area is 94.9 Å². The van der Waals surface area contributed by atoms with E-state index < -0.39 is 5.97 Å². The van der Waals surface area contributed by atoms with Gasteiger partial charge in [-0.15, -0.1) is 6.42 Å². The molecule has 0 amide bonds. The lowest BCUT2D eigenvalue weighted by molar-refractivity contribution is 0.0697. The Hall–Kier alpha value is -2.02. The van der Waals surface area contributed by atoms with Crippen LogP contribution in [-0.2, 0) is 0 Å². The van der Waals surface area contributed by atoms with Crippen LogP contribution >= 0.6 is 0 Å². The molecule has 4 nitrogen and oxygen atoms in total. The van der Waals surface area contributed by atoms with E-state index >= 15 is 0 Å². The van der Waals surface area contributed by atoms with Crippen LogP contribution in [0.25, 0.3) is 0 Å². The van der Waals surface area contributed by atoms with E-state index in [-0.39, 0.29) is 11.6 Å². The van der Waals surface area contributed by atoms with Gasteiger partial charge in [0, 0.05) is 12.2 Å². The monoisotopic (exact) mass is 218 g/mol. The minimum Gasteiger partial charge on any atom is -0.478 e. The number of aromatic nitrogens is 1. The molecule has 0 spiro atoms. The molecule has 0 aliphatic carbocycles. The van der Waals surface area contributed by atoms with Gasteiger partial charge >= 0.3 is 5.97 Å². The van der Waals surface area contributed by atoms with E-state index in [2.05, 4.69) is 10.9 Å². The zero-order chi connectivity index (χ0) is 12.1. The predicted molar refractivity (Wildman–Crippen MR) is 62.5 cm³/mol. The number of aromatic carboxylic acids is 1. The number of pyridine rings is 1. The third-order valence-corrected chi connectivity index (χ3v) is 2.22. The Kier molecular flexibility index (Phi) is 3.90. The lowest BCUT2D eigenvalue weighted by Crippen LogP contribution is -2.32. The first-order valence-corrected chi connectivity index (χ1v) is 4.95. The first-order valence-electron chi connectivity index (χ1n) is 4.95. The van der Waals surface area contributed by atoms with Crippen molar-refractivity contribution in [3.05, 3.63) is 24.0 Å². The van der Waals surface area contributed by atoms with Gasteiger partial charge < -0.3 is 10.0 Å². The third kappa shape index (κ3) is 2.51. The highest BCUT2D eigenvalue weighted by Crippen LogP contribution is 2.20. The predicted octanol–water partition coefficient (Wildman–Crippen LogP) is 1.63. The molecule has 0 aromatic carbocycles. The molecule has 16 heavy (non-hydrogen) atoms. The summed E-state index contributed by atoms with van der Waals surface area (Å²) in [5.41, 5.74) is 0.780. The summed E-state index contributed by atoms with van der Waals surface area (Å²) >= 11 is 0. The zero-order valence-corrected chi connectivity index (χ0v) is 9.34. The Morgan fingerprint density at radius 1 is 1.69 bits per heavy atom. The number of anilines is 1. The number of nitrogens with zero attached hydrogens (tertiary/aromatic N) is 2. The average Bonchev–Trinajstić information content (AvgIpc) is 2.25. The van der Waals surface area contributed by atoms with E-state index in [1.165, 1.54) is 18.5 Å². The highest BCUT2D eigenvalue weighted by molar-refractivity contribution is 5.94. The lowest BCUT2D eigenvalue weighted by Gasteiger charge is -2.27. The third-order valence-electron chi connectivity index (χ3n) is 2.22. The molecule has 0 unspecified atom stereocenters. The molecule has 0 saturated carbocycles. The zero-order valence-electron chi connectivity index (χ0n) is 9.34. The van der Waals surface area contributed by atoms with Crippen molar-refractivity contribution in [3.8, 4) is 12.3 Å². The second-order valence-electron chi connectivity index (χ2n) is 3.62. The van der Waals surface area contributed by atoms with Crippen LogP contribution < -0.4 is 4.90 Å². The molecular formula is C12H14N2O2. The van der Waals surface area contributed by atoms with Gasteiger partial charge in [0.2, 0.25) is 0 Å². The molecule has 84 valence electrons. The number of hydrogen-bond donors (Lipinski definition) is 1. The van der Waals surface area contributed by atoms with Crippen LogP contribution in [0.4, 0.5) is 5.69 Å². The van der Waals surface area contributed by atoms with Gasteiger partial charge in [-0.25, -0.2) is 4.79 Å². The van der Waals surface area contributed by atoms with Crippen molar-refractivity contribution in [2.45, 2.75) is 19.9 Å². The Balaban J connectivity index is 3.19. The van der Waals surface area contributed by atoms with E-state index in [9.17, 15) is 4.79 Å². The quantitative estimate of drug-likeness (QED) is 0.780. The molecule has 1 rings (SSSR count). The second kappa shape index (κ2) is 5.17. The van der Waals surface area contributed by atoms with Crippen molar-refractivity contribution in [3.63, 3.8) is 0 Å². The summed E-state index contributed by atoms with van der Waals surface area (Å²) in [5.74, 6) is 1.55. The van der Waals surface area contributed by atoms with E-state index in [4.69, 9.17) is 11.5 Å². The second-order valence-corrected chi connectivity index (χ2v) is 3.62. The Morgan fingerprint density at radius 3 is 2.88 bits per heavy atom. The van der Waals surface area contributed by atoms with Gasteiger partial charge in [-0.3, -0.25) is 4.98 Å². The molecule has 1 N–H and O–H groups in total. The highest BCUT2D eigenvalue weighted by Gasteiger charge is 2.17. The van der Waals surface area contributed by atoms with E-state index in [1.54, 1.807) is 0 Å². The van der Waals surface area contributed by atoms with Crippen molar-refractivity contribution in [2.24, 2.45) is 0 Å². The fourth-order valence-electron chi connectivity index (χ4n) is 1.44. The van der Waals surface area contributed by atoms with Crippen molar-refractivity contribution >= 4 is 11.7 Å². The van der Waals surface area contributed by atoms with Crippen molar-refractivity contribution in [1.82, 2.24) is 4.98 Å². The molecule has 0 saturated heterocycles. The fourth-order valence-corrected chi connectivity index (χ4v) is 1.44. The Morgan fingerprint density at radius 2 is 2.38 bits per heavy atom. The molecule has 0 bridgehead atoms. The van der Waals surface area contributed by atoms with E-state index in [0.717, 1.165) is 0 Å². The van der Waals surface area contributed by atoms with Crippen LogP contribution in [-0.4, -0.2) is 28.6 Å². The summed E-state index contributed by atoms with van der Waals surface area (Å²) in [5, 5.41) is 9.06. The van der Waals surface area contributed by atoms with Crippen LogP contribution in [0.1, 0.15) is 24.2 Å². The summed E-state index contributed by atoms with van der Waals surface area (Å²) in [4.78, 5) is 16.8. The lowest BCUT2D eigenvalue weighted by atomic mass is 10.2. The molecule has 0 atom stereocenters. The summed E-state index contributed by atoms with van der Waals surface area (Å²) in [6, 6.07) is 1.60. The minimum absolute atomic E-state index is 0.123. The molecular weight excluding hydrogens is 204 g/mol. The fraction of sp³-hybridized carbons (Fsp3) is 0.333. The topological polar surface area (TPSA) is 53.4 Å². The van der Waals surface area contributed by atoms with E-state index in [0.29, 0.717) is 12.2 Å². The largest absolute Gasteiger partial charge is 0.478 e. The first kappa shape index (κ1) is 12.1. The molecule has 0 aliphatic rings. The molecule has 1 aromatic heterocycles. The molecule has 1 heterocycles. The minimum atomic E-state index is -0.972. The van der Waals surface area contributed by atoms with Crippen molar-refractivity contribution in [1.29, 1.82) is 0 Å². The molecule has 1 aromatic rings. The standard InChI is InChI=1S/C12H14N2O2/c1-4-7-14(9(2)3)11-8-13-6-5-10(11)12(15)16/h1,5-6,8-9H,7H2,2-3H3,(H,15,16). The highest BCUT2D eigenvalue weighted by atomic mass is 16.4. The van der Waals surface area contributed by atoms with Gasteiger partial charge in [0.05, 0.1) is 24.0 Å². The van der Waals surface area contributed by atoms with Crippen molar-refractivity contribution < 1.29 is 9.90 Å². The smallest absolute Gasteiger partial charge is 0.337 e. The number of hydrogen-bond acceptors (Lipinski definition) is 3. The Bertz CT molecular complexity index is 421. The molecule has 0 aliphatic heterocycles. The first-order chi connectivity index (χ1) is 7.57. The summed E-state index contributed by atoms with van der Waals surface area (Å²) < 4.78 is 0. The van der Waals surface area contributed by atoms with Crippen LogP contribution in [0.15, 0.2) is 18.5 Å². The van der Waals surface area contributed by atoms with Crippen LogP contribution in [0.3, 0.4) is 0 Å². The summed E-state index contributed by atoms with van der Waals surface area (Å²) in [7, 11) is 0. The van der Waals surface area contributed by atoms with Gasteiger partial charge in [-0.2, -0.15) is 0 Å². The normalized spacial score (nSPS) is 9.88. The summed E-state index contributed by atoms with van der Waals surface area (Å²) in [6.07, 6.45) is 8.26. The maximum Gasteiger partial charge on any atom is 0.337 e. The van der Waals surface area contributed by atoms with Gasteiger partial charge in [0.15, 0.2) is 0 Å². The maximum atomic E-state index is 11.0. The van der Waals surface area contributed by atoms with Crippen LogP contribution in [0.5, 0.6) is 0 Å².